The Labute approximate surface area is 110 Å². The molecule has 5 nitrogen and oxygen atoms in total. The van der Waals surface area contributed by atoms with Crippen molar-refractivity contribution in [3.05, 3.63) is 35.1 Å². The van der Waals surface area contributed by atoms with Crippen molar-refractivity contribution in [1.29, 1.82) is 0 Å². The van der Waals surface area contributed by atoms with Gasteiger partial charge in [0.2, 0.25) is 0 Å². The third kappa shape index (κ3) is 4.01. The first-order chi connectivity index (χ1) is 8.74. The van der Waals surface area contributed by atoms with Crippen LogP contribution in [-0.4, -0.2) is 24.2 Å². The molecule has 2 rings (SSSR count). The Morgan fingerprint density at radius 2 is 2.22 bits per heavy atom. The van der Waals surface area contributed by atoms with Crippen molar-refractivity contribution in [2.24, 2.45) is 0 Å². The van der Waals surface area contributed by atoms with Gasteiger partial charge in [0.05, 0.1) is 13.2 Å². The average Bonchev–Trinajstić information content (AvgIpc) is 2.38. The first kappa shape index (κ1) is 12.9. The molecule has 0 unspecified atom stereocenters. The third-order valence-electron chi connectivity index (χ3n) is 2.51. The maximum atomic E-state index is 11.6. The molecule has 1 saturated heterocycles. The van der Waals surface area contributed by atoms with Gasteiger partial charge in [-0.2, -0.15) is 0 Å². The van der Waals surface area contributed by atoms with E-state index in [1.165, 1.54) is 11.8 Å². The highest BCUT2D eigenvalue weighted by Gasteiger charge is 2.06. The Hall–Kier alpha value is -1.59. The number of halogens is 1. The second-order valence-electron chi connectivity index (χ2n) is 3.87. The highest BCUT2D eigenvalue weighted by Crippen LogP contribution is 2.13. The molecule has 2 amide bonds. The molecule has 1 fully saturated rings. The Bertz CT molecular complexity index is 454. The predicted molar refractivity (Wildman–Crippen MR) is 69.5 cm³/mol. The Balaban J connectivity index is 1.85. The topological polar surface area (TPSA) is 63.2 Å². The van der Waals surface area contributed by atoms with Crippen molar-refractivity contribution < 1.29 is 9.53 Å². The number of amides is 2. The molecule has 96 valence electrons. The molecule has 0 saturated carbocycles. The number of anilines is 1. The van der Waals surface area contributed by atoms with E-state index >= 15 is 0 Å². The van der Waals surface area contributed by atoms with Crippen LogP contribution in [-0.2, 0) is 4.74 Å². The molecule has 0 atom stereocenters. The van der Waals surface area contributed by atoms with E-state index in [2.05, 4.69) is 15.6 Å². The summed E-state index contributed by atoms with van der Waals surface area (Å²) in [5, 5.41) is 5.80. The van der Waals surface area contributed by atoms with Crippen molar-refractivity contribution >= 4 is 23.4 Å². The summed E-state index contributed by atoms with van der Waals surface area (Å²) in [5.74, 6) is 0.422. The van der Waals surface area contributed by atoms with Gasteiger partial charge in [-0.25, -0.2) is 9.78 Å². The van der Waals surface area contributed by atoms with Crippen molar-refractivity contribution in [2.45, 2.75) is 12.8 Å². The number of aromatic nitrogens is 1. The molecule has 1 aromatic heterocycles. The number of rotatable bonds is 2. The molecule has 0 aromatic carbocycles. The first-order valence-corrected chi connectivity index (χ1v) is 6.06. The number of nitrogens with one attached hydrogen (secondary N) is 2. The number of urea groups is 1. The van der Waals surface area contributed by atoms with Crippen molar-refractivity contribution in [1.82, 2.24) is 10.3 Å². The quantitative estimate of drug-likeness (QED) is 0.866. The SMILES string of the molecule is O=C(NC=C1CCOCC1)Nc1cc(Cl)ccn1. The molecule has 1 aliphatic heterocycles. The number of pyridine rings is 1. The minimum absolute atomic E-state index is 0.330. The molecule has 0 bridgehead atoms. The summed E-state index contributed by atoms with van der Waals surface area (Å²) >= 11 is 5.79. The summed E-state index contributed by atoms with van der Waals surface area (Å²) in [5.41, 5.74) is 1.18. The number of carbonyl (C=O) groups is 1. The zero-order valence-corrected chi connectivity index (χ0v) is 10.5. The van der Waals surface area contributed by atoms with Gasteiger partial charge in [-0.3, -0.25) is 5.32 Å². The van der Waals surface area contributed by atoms with Crippen molar-refractivity contribution in [2.75, 3.05) is 18.5 Å². The predicted octanol–water partition coefficient (Wildman–Crippen LogP) is 2.55. The Kier molecular flexibility index (Phi) is 4.55. The molecule has 0 radical (unpaired) electrons. The monoisotopic (exact) mass is 267 g/mol. The molecular formula is C12H14ClN3O2. The van der Waals surface area contributed by atoms with Gasteiger partial charge in [0, 0.05) is 17.4 Å². The van der Waals surface area contributed by atoms with E-state index in [1.54, 1.807) is 18.3 Å². The standard InChI is InChI=1S/C12H14ClN3O2/c13-10-1-4-14-11(7-10)16-12(17)15-8-9-2-5-18-6-3-9/h1,4,7-8H,2-3,5-6H2,(H2,14,15,16,17). The van der Waals surface area contributed by atoms with Gasteiger partial charge in [-0.05, 0) is 30.5 Å². The summed E-state index contributed by atoms with van der Waals surface area (Å²) in [6, 6.07) is 2.90. The first-order valence-electron chi connectivity index (χ1n) is 5.69. The Morgan fingerprint density at radius 3 is 2.94 bits per heavy atom. The molecule has 18 heavy (non-hydrogen) atoms. The third-order valence-corrected chi connectivity index (χ3v) is 2.74. The molecular weight excluding hydrogens is 254 g/mol. The molecule has 1 aromatic rings. The van der Waals surface area contributed by atoms with Crippen LogP contribution in [0.3, 0.4) is 0 Å². The van der Waals surface area contributed by atoms with E-state index in [0.29, 0.717) is 24.1 Å². The fourth-order valence-corrected chi connectivity index (χ4v) is 1.73. The number of carbonyl (C=O) groups excluding carboxylic acids is 1. The number of hydrogen-bond acceptors (Lipinski definition) is 3. The molecule has 2 N–H and O–H groups in total. The molecule has 0 aliphatic carbocycles. The maximum Gasteiger partial charge on any atom is 0.324 e. The van der Waals surface area contributed by atoms with Crippen LogP contribution in [0.2, 0.25) is 5.02 Å². The van der Waals surface area contributed by atoms with E-state index in [-0.39, 0.29) is 6.03 Å². The lowest BCUT2D eigenvalue weighted by Gasteiger charge is -2.14. The van der Waals surface area contributed by atoms with Crippen LogP contribution in [0.1, 0.15) is 12.8 Å². The Morgan fingerprint density at radius 1 is 1.44 bits per heavy atom. The normalized spacial score (nSPS) is 15.1. The van der Waals surface area contributed by atoms with Crippen LogP contribution in [0.5, 0.6) is 0 Å². The summed E-state index contributed by atoms with van der Waals surface area (Å²) in [4.78, 5) is 15.6. The average molecular weight is 268 g/mol. The minimum atomic E-state index is -0.330. The fraction of sp³-hybridized carbons (Fsp3) is 0.333. The van der Waals surface area contributed by atoms with Crippen LogP contribution in [0.4, 0.5) is 10.6 Å². The summed E-state index contributed by atoms with van der Waals surface area (Å²) in [7, 11) is 0. The molecule has 6 heteroatoms. The van der Waals surface area contributed by atoms with Gasteiger partial charge in [0.25, 0.3) is 0 Å². The van der Waals surface area contributed by atoms with Gasteiger partial charge in [0.15, 0.2) is 0 Å². The van der Waals surface area contributed by atoms with E-state index in [4.69, 9.17) is 16.3 Å². The fourth-order valence-electron chi connectivity index (χ4n) is 1.57. The van der Waals surface area contributed by atoms with Crippen LogP contribution in [0.25, 0.3) is 0 Å². The largest absolute Gasteiger partial charge is 0.381 e. The smallest absolute Gasteiger partial charge is 0.324 e. The van der Waals surface area contributed by atoms with Gasteiger partial charge >= 0.3 is 6.03 Å². The second-order valence-corrected chi connectivity index (χ2v) is 4.31. The van der Waals surface area contributed by atoms with Crippen LogP contribution >= 0.6 is 11.6 Å². The lowest BCUT2D eigenvalue weighted by Crippen LogP contribution is -2.25. The van der Waals surface area contributed by atoms with Gasteiger partial charge < -0.3 is 10.1 Å². The van der Waals surface area contributed by atoms with Gasteiger partial charge in [-0.15, -0.1) is 0 Å². The van der Waals surface area contributed by atoms with E-state index < -0.39 is 0 Å². The number of ether oxygens (including phenoxy) is 1. The van der Waals surface area contributed by atoms with Crippen molar-refractivity contribution in [3.63, 3.8) is 0 Å². The lowest BCUT2D eigenvalue weighted by molar-refractivity contribution is 0.119. The van der Waals surface area contributed by atoms with Gasteiger partial charge in [-0.1, -0.05) is 11.6 Å². The minimum Gasteiger partial charge on any atom is -0.381 e. The zero-order valence-electron chi connectivity index (χ0n) is 9.78. The molecule has 1 aliphatic rings. The summed E-state index contributed by atoms with van der Waals surface area (Å²) in [6.45, 7) is 1.43. The van der Waals surface area contributed by atoms with Crippen LogP contribution in [0.15, 0.2) is 30.1 Å². The zero-order chi connectivity index (χ0) is 12.8. The number of nitrogens with zero attached hydrogens (tertiary/aromatic N) is 1. The second kappa shape index (κ2) is 6.37. The van der Waals surface area contributed by atoms with E-state index in [9.17, 15) is 4.79 Å². The maximum absolute atomic E-state index is 11.6. The molecule has 2 heterocycles. The van der Waals surface area contributed by atoms with Crippen LogP contribution in [0, 0.1) is 0 Å². The highest BCUT2D eigenvalue weighted by molar-refractivity contribution is 6.30. The number of hydrogen-bond donors (Lipinski definition) is 2. The summed E-state index contributed by atoms with van der Waals surface area (Å²) in [6.07, 6.45) is 4.97. The summed E-state index contributed by atoms with van der Waals surface area (Å²) < 4.78 is 5.22. The van der Waals surface area contributed by atoms with E-state index in [1.807, 2.05) is 0 Å². The molecule has 0 spiro atoms. The van der Waals surface area contributed by atoms with E-state index in [0.717, 1.165) is 12.8 Å². The lowest BCUT2D eigenvalue weighted by atomic mass is 10.1. The highest BCUT2D eigenvalue weighted by atomic mass is 35.5. The van der Waals surface area contributed by atoms with Gasteiger partial charge in [0.1, 0.15) is 5.82 Å². The van der Waals surface area contributed by atoms with Crippen LogP contribution < -0.4 is 10.6 Å². The van der Waals surface area contributed by atoms with Crippen molar-refractivity contribution in [3.8, 4) is 0 Å².